The van der Waals surface area contributed by atoms with Crippen LogP contribution in [0.1, 0.15) is 34.8 Å². The number of aryl methyl sites for hydroxylation is 1. The maximum absolute atomic E-state index is 12.6. The number of rotatable bonds is 8. The lowest BCUT2D eigenvalue weighted by Gasteiger charge is -2.17. The summed E-state index contributed by atoms with van der Waals surface area (Å²) in [5, 5.41) is 0. The first-order chi connectivity index (χ1) is 12.9. The van der Waals surface area contributed by atoms with Crippen LogP contribution in [0, 0.1) is 6.92 Å². The molecule has 3 N–H and O–H groups in total. The number of hydrogen-bond donors (Lipinski definition) is 2. The Balaban J connectivity index is 1.63. The summed E-state index contributed by atoms with van der Waals surface area (Å²) in [7, 11) is 1.76. The number of nitrogens with two attached hydrogens (primary N) is 1. The lowest BCUT2D eigenvalue weighted by Crippen LogP contribution is -2.39. The molecule has 0 radical (unpaired) electrons. The summed E-state index contributed by atoms with van der Waals surface area (Å²) < 4.78 is 7.04. The van der Waals surface area contributed by atoms with Gasteiger partial charge in [0.15, 0.2) is 5.78 Å². The highest BCUT2D eigenvalue weighted by Crippen LogP contribution is 2.35. The van der Waals surface area contributed by atoms with E-state index in [1.54, 1.807) is 11.9 Å². The molecule has 3 rings (SSSR count). The normalized spacial score (nSPS) is 13.7. The zero-order valence-corrected chi connectivity index (χ0v) is 15.5. The number of ketones is 1. The molecular formula is C19H24N4O4. The molecule has 0 spiro atoms. The number of anilines is 1. The number of aromatic nitrogens is 2. The van der Waals surface area contributed by atoms with Crippen molar-refractivity contribution in [3.05, 3.63) is 56.2 Å². The van der Waals surface area contributed by atoms with E-state index in [4.69, 9.17) is 10.5 Å². The minimum Gasteiger partial charge on any atom is -0.492 e. The highest BCUT2D eigenvalue weighted by molar-refractivity contribution is 6.01. The van der Waals surface area contributed by atoms with Crippen molar-refractivity contribution in [2.45, 2.75) is 25.8 Å². The van der Waals surface area contributed by atoms with Gasteiger partial charge in [0.25, 0.3) is 5.56 Å². The Morgan fingerprint density at radius 1 is 1.33 bits per heavy atom. The van der Waals surface area contributed by atoms with E-state index in [0.717, 1.165) is 24.2 Å². The first kappa shape index (κ1) is 18.9. The second-order valence-corrected chi connectivity index (χ2v) is 6.90. The monoisotopic (exact) mass is 372 g/mol. The molecule has 0 aliphatic heterocycles. The molecule has 0 saturated heterocycles. The van der Waals surface area contributed by atoms with Gasteiger partial charge in [0.1, 0.15) is 23.7 Å². The smallest absolute Gasteiger partial charge is 0.330 e. The number of H-pyrrole nitrogens is 1. The van der Waals surface area contributed by atoms with Crippen LogP contribution in [-0.2, 0) is 0 Å². The van der Waals surface area contributed by atoms with Gasteiger partial charge >= 0.3 is 5.69 Å². The maximum atomic E-state index is 12.6. The van der Waals surface area contributed by atoms with Crippen LogP contribution in [0.2, 0.25) is 0 Å². The first-order valence-electron chi connectivity index (χ1n) is 8.93. The molecule has 1 aliphatic rings. The van der Waals surface area contributed by atoms with Crippen molar-refractivity contribution in [2.75, 3.05) is 32.5 Å². The largest absolute Gasteiger partial charge is 0.492 e. The van der Waals surface area contributed by atoms with Crippen molar-refractivity contribution < 1.29 is 9.53 Å². The average molecular weight is 372 g/mol. The van der Waals surface area contributed by atoms with E-state index in [-0.39, 0.29) is 24.0 Å². The molecule has 1 saturated carbocycles. The fourth-order valence-corrected chi connectivity index (χ4v) is 2.96. The lowest BCUT2D eigenvalue weighted by molar-refractivity contribution is 0.0936. The number of hydrogen-bond acceptors (Lipinski definition) is 6. The molecule has 2 aromatic rings. The Labute approximate surface area is 156 Å². The molecule has 0 amide bonds. The van der Waals surface area contributed by atoms with E-state index >= 15 is 0 Å². The van der Waals surface area contributed by atoms with Gasteiger partial charge in [-0.25, -0.2) is 4.79 Å². The zero-order chi connectivity index (χ0) is 19.6. The minimum atomic E-state index is -0.732. The van der Waals surface area contributed by atoms with Gasteiger partial charge in [-0.1, -0.05) is 18.2 Å². The molecule has 1 aromatic carbocycles. The number of para-hydroxylation sites is 1. The van der Waals surface area contributed by atoms with Crippen LogP contribution in [0.15, 0.2) is 33.9 Å². The number of nitrogens with one attached hydrogen (secondary N) is 1. The van der Waals surface area contributed by atoms with Crippen molar-refractivity contribution in [2.24, 2.45) is 0 Å². The molecule has 1 aliphatic carbocycles. The number of aromatic amines is 1. The van der Waals surface area contributed by atoms with E-state index in [9.17, 15) is 14.4 Å². The fraction of sp³-hybridized carbons (Fsp3) is 0.421. The SMILES string of the molecule is Cc1ccccc1OCCN(C)CC(=O)c1c(N)n(C2CC2)c(=O)[nH]c1=O. The summed E-state index contributed by atoms with van der Waals surface area (Å²) in [6.45, 7) is 2.88. The van der Waals surface area contributed by atoms with Crippen LogP contribution in [0.5, 0.6) is 5.75 Å². The number of likely N-dealkylation sites (N-methyl/N-ethyl adjacent to an activating group) is 1. The number of ether oxygens (including phenoxy) is 1. The second-order valence-electron chi connectivity index (χ2n) is 6.90. The van der Waals surface area contributed by atoms with Gasteiger partial charge < -0.3 is 10.5 Å². The molecule has 8 heteroatoms. The van der Waals surface area contributed by atoms with Gasteiger partial charge in [-0.15, -0.1) is 0 Å². The summed E-state index contributed by atoms with van der Waals surface area (Å²) >= 11 is 0. The van der Waals surface area contributed by atoms with Gasteiger partial charge in [-0.2, -0.15) is 0 Å². The maximum Gasteiger partial charge on any atom is 0.330 e. The molecule has 144 valence electrons. The van der Waals surface area contributed by atoms with E-state index in [1.807, 2.05) is 31.2 Å². The van der Waals surface area contributed by atoms with Gasteiger partial charge in [-0.3, -0.25) is 24.0 Å². The van der Waals surface area contributed by atoms with Crippen LogP contribution in [0.3, 0.4) is 0 Å². The molecule has 8 nitrogen and oxygen atoms in total. The number of carbonyl (C=O) groups excluding carboxylic acids is 1. The van der Waals surface area contributed by atoms with Crippen LogP contribution < -0.4 is 21.7 Å². The Morgan fingerprint density at radius 2 is 2.04 bits per heavy atom. The highest BCUT2D eigenvalue weighted by Gasteiger charge is 2.30. The first-order valence-corrected chi connectivity index (χ1v) is 8.93. The summed E-state index contributed by atoms with van der Waals surface area (Å²) in [5.74, 6) is 0.344. The Hall–Kier alpha value is -2.87. The van der Waals surface area contributed by atoms with Crippen molar-refractivity contribution in [3.63, 3.8) is 0 Å². The molecule has 0 bridgehead atoms. The van der Waals surface area contributed by atoms with E-state index < -0.39 is 17.0 Å². The van der Waals surface area contributed by atoms with E-state index in [1.165, 1.54) is 4.57 Å². The van der Waals surface area contributed by atoms with E-state index in [0.29, 0.717) is 13.2 Å². The Bertz CT molecular complexity index is 959. The third-order valence-electron chi connectivity index (χ3n) is 4.61. The number of benzene rings is 1. The molecule has 0 unspecified atom stereocenters. The summed E-state index contributed by atoms with van der Waals surface area (Å²) in [6.07, 6.45) is 1.64. The summed E-state index contributed by atoms with van der Waals surface area (Å²) in [4.78, 5) is 40.6. The lowest BCUT2D eigenvalue weighted by atomic mass is 10.2. The molecule has 1 aromatic heterocycles. The number of Topliss-reactive ketones (excluding diaryl/α,β-unsaturated/α-hetero) is 1. The molecule has 0 atom stereocenters. The van der Waals surface area contributed by atoms with Crippen molar-refractivity contribution in [1.82, 2.24) is 14.5 Å². The summed E-state index contributed by atoms with van der Waals surface area (Å²) in [6, 6.07) is 7.67. The van der Waals surface area contributed by atoms with Crippen LogP contribution in [0.25, 0.3) is 0 Å². The van der Waals surface area contributed by atoms with Gasteiger partial charge in [0.2, 0.25) is 0 Å². The molecular weight excluding hydrogens is 348 g/mol. The third-order valence-corrected chi connectivity index (χ3v) is 4.61. The quantitative estimate of drug-likeness (QED) is 0.668. The van der Waals surface area contributed by atoms with Crippen LogP contribution in [0.4, 0.5) is 5.82 Å². The van der Waals surface area contributed by atoms with Crippen LogP contribution >= 0.6 is 0 Å². The topological polar surface area (TPSA) is 110 Å². The Kier molecular flexibility index (Phi) is 5.46. The van der Waals surface area contributed by atoms with Crippen molar-refractivity contribution in [3.8, 4) is 5.75 Å². The average Bonchev–Trinajstić information content (AvgIpc) is 3.41. The number of nitrogens with zero attached hydrogens (tertiary/aromatic N) is 2. The molecule has 1 fully saturated rings. The third kappa shape index (κ3) is 4.28. The molecule has 1 heterocycles. The zero-order valence-electron chi connectivity index (χ0n) is 15.5. The van der Waals surface area contributed by atoms with Crippen molar-refractivity contribution in [1.29, 1.82) is 0 Å². The van der Waals surface area contributed by atoms with Crippen molar-refractivity contribution >= 4 is 11.6 Å². The standard InChI is InChI=1S/C19H24N4O4/c1-12-5-3-4-6-15(12)27-10-9-22(2)11-14(24)16-17(20)23(13-7-8-13)19(26)21-18(16)25/h3-6,13H,7-11,20H2,1-2H3,(H,21,25,26). The van der Waals surface area contributed by atoms with Gasteiger partial charge in [-0.05, 0) is 38.4 Å². The predicted molar refractivity (Wildman–Crippen MR) is 103 cm³/mol. The predicted octanol–water partition coefficient (Wildman–Crippen LogP) is 0.956. The highest BCUT2D eigenvalue weighted by atomic mass is 16.5. The minimum absolute atomic E-state index is 0.00722. The summed E-state index contributed by atoms with van der Waals surface area (Å²) in [5.41, 5.74) is 5.58. The van der Waals surface area contributed by atoms with Crippen LogP contribution in [-0.4, -0.2) is 47.0 Å². The molecule has 27 heavy (non-hydrogen) atoms. The second kappa shape index (κ2) is 7.79. The van der Waals surface area contributed by atoms with E-state index in [2.05, 4.69) is 4.98 Å². The van der Waals surface area contributed by atoms with Gasteiger partial charge in [0, 0.05) is 12.6 Å². The number of nitrogen functional groups attached to an aromatic ring is 1. The number of carbonyl (C=O) groups is 1. The Morgan fingerprint density at radius 3 is 2.70 bits per heavy atom. The van der Waals surface area contributed by atoms with Gasteiger partial charge in [0.05, 0.1) is 6.54 Å². The fourth-order valence-electron chi connectivity index (χ4n) is 2.96.